The van der Waals surface area contributed by atoms with Crippen LogP contribution in [0.4, 0.5) is 0 Å². The minimum absolute atomic E-state index is 0.212. The van der Waals surface area contributed by atoms with Crippen LogP contribution in [0.15, 0.2) is 121 Å². The fraction of sp³-hybridized carbons (Fsp3) is 0.158. The molecule has 0 unspecified atom stereocenters. The lowest BCUT2D eigenvalue weighted by Crippen LogP contribution is -2.17. The maximum Gasteiger partial charge on any atom is 0.128 e. The van der Waals surface area contributed by atoms with Gasteiger partial charge in [-0.1, -0.05) is 109 Å². The summed E-state index contributed by atoms with van der Waals surface area (Å²) in [5.74, 6) is 0.424. The third-order valence-electron chi connectivity index (χ3n) is 7.92. The van der Waals surface area contributed by atoms with Crippen molar-refractivity contribution in [2.24, 2.45) is 0 Å². The van der Waals surface area contributed by atoms with Gasteiger partial charge in [-0.15, -0.1) is 0 Å². The molecule has 0 aromatic heterocycles. The van der Waals surface area contributed by atoms with Crippen molar-refractivity contribution in [2.75, 3.05) is 14.1 Å². The second-order valence-electron chi connectivity index (χ2n) is 11.3. The predicted octanol–water partition coefficient (Wildman–Crippen LogP) is 8.34. The van der Waals surface area contributed by atoms with Crippen molar-refractivity contribution in [2.45, 2.75) is 26.2 Å². The van der Waals surface area contributed by atoms with Crippen molar-refractivity contribution in [3.05, 3.63) is 144 Å². The fourth-order valence-corrected chi connectivity index (χ4v) is 6.02. The number of hydrogen-bond donors (Lipinski definition) is 2. The molecule has 42 heavy (non-hydrogen) atoms. The van der Waals surface area contributed by atoms with E-state index in [2.05, 4.69) is 72.4 Å². The fourth-order valence-electron chi connectivity index (χ4n) is 6.02. The Bertz CT molecular complexity index is 1700. The van der Waals surface area contributed by atoms with Gasteiger partial charge in [-0.2, -0.15) is 0 Å². The van der Waals surface area contributed by atoms with Crippen LogP contribution in [0.5, 0.6) is 11.5 Å². The number of phenols is 2. The van der Waals surface area contributed by atoms with Crippen LogP contribution in [0.1, 0.15) is 22.3 Å². The SMILES string of the molecule is CN(Cc1ccccc1)Cc1cc2ccccc2c(-c2c(O)c(CN(C)Cc3ccccc3)cc3ccccc23)c1O. The second-order valence-corrected chi connectivity index (χ2v) is 11.3. The van der Waals surface area contributed by atoms with E-state index in [0.29, 0.717) is 24.2 Å². The smallest absolute Gasteiger partial charge is 0.128 e. The molecule has 210 valence electrons. The van der Waals surface area contributed by atoms with E-state index < -0.39 is 0 Å². The number of nitrogens with zero attached hydrogens (tertiary/aromatic N) is 2. The van der Waals surface area contributed by atoms with E-state index in [1.54, 1.807) is 0 Å². The molecule has 6 rings (SSSR count). The lowest BCUT2D eigenvalue weighted by atomic mass is 9.88. The predicted molar refractivity (Wildman–Crippen MR) is 173 cm³/mol. The zero-order chi connectivity index (χ0) is 29.1. The number of hydrogen-bond acceptors (Lipinski definition) is 4. The van der Waals surface area contributed by atoms with Crippen LogP contribution in [-0.4, -0.2) is 34.1 Å². The molecule has 0 aliphatic rings. The summed E-state index contributed by atoms with van der Waals surface area (Å²) in [5, 5.41) is 27.8. The van der Waals surface area contributed by atoms with Gasteiger partial charge in [-0.3, -0.25) is 9.80 Å². The van der Waals surface area contributed by atoms with Crippen LogP contribution >= 0.6 is 0 Å². The van der Waals surface area contributed by atoms with Crippen LogP contribution in [0.3, 0.4) is 0 Å². The first-order valence-corrected chi connectivity index (χ1v) is 14.4. The van der Waals surface area contributed by atoms with Gasteiger partial charge in [0, 0.05) is 48.4 Å². The van der Waals surface area contributed by atoms with Gasteiger partial charge < -0.3 is 10.2 Å². The number of phenolic OH excluding ortho intramolecular Hbond substituents is 2. The summed E-state index contributed by atoms with van der Waals surface area (Å²) in [7, 11) is 4.13. The van der Waals surface area contributed by atoms with E-state index in [9.17, 15) is 10.2 Å². The van der Waals surface area contributed by atoms with Gasteiger partial charge in [0.25, 0.3) is 0 Å². The summed E-state index contributed by atoms with van der Waals surface area (Å²) >= 11 is 0. The van der Waals surface area contributed by atoms with Gasteiger partial charge in [0.05, 0.1) is 0 Å². The average Bonchev–Trinajstić information content (AvgIpc) is 3.00. The Balaban J connectivity index is 1.46. The minimum atomic E-state index is 0.212. The molecule has 0 amide bonds. The molecule has 0 fully saturated rings. The third-order valence-corrected chi connectivity index (χ3v) is 7.92. The Kier molecular flexibility index (Phi) is 7.91. The first-order valence-electron chi connectivity index (χ1n) is 14.4. The van der Waals surface area contributed by atoms with E-state index in [1.165, 1.54) is 11.1 Å². The molecule has 0 atom stereocenters. The first kappa shape index (κ1) is 27.5. The topological polar surface area (TPSA) is 46.9 Å². The summed E-state index contributed by atoms with van der Waals surface area (Å²) < 4.78 is 0. The summed E-state index contributed by atoms with van der Waals surface area (Å²) in [4.78, 5) is 4.41. The number of benzene rings is 6. The summed E-state index contributed by atoms with van der Waals surface area (Å²) in [6.45, 7) is 2.66. The van der Waals surface area contributed by atoms with Crippen LogP contribution in [0.25, 0.3) is 32.7 Å². The van der Waals surface area contributed by atoms with Crippen LogP contribution in [0.2, 0.25) is 0 Å². The molecule has 4 nitrogen and oxygen atoms in total. The van der Waals surface area contributed by atoms with Gasteiger partial charge in [0.1, 0.15) is 11.5 Å². The number of rotatable bonds is 9. The van der Waals surface area contributed by atoms with Crippen molar-refractivity contribution < 1.29 is 10.2 Å². The number of aromatic hydroxyl groups is 2. The molecule has 0 spiro atoms. The molecule has 0 radical (unpaired) electrons. The summed E-state index contributed by atoms with van der Waals surface area (Å²) in [6, 6.07) is 41.1. The van der Waals surface area contributed by atoms with Crippen molar-refractivity contribution in [3.8, 4) is 22.6 Å². The quantitative estimate of drug-likeness (QED) is 0.189. The highest BCUT2D eigenvalue weighted by atomic mass is 16.3. The molecule has 6 aromatic rings. The number of fused-ring (bicyclic) bond motifs is 2. The van der Waals surface area contributed by atoms with Crippen molar-refractivity contribution in [3.63, 3.8) is 0 Å². The highest BCUT2D eigenvalue weighted by Crippen LogP contribution is 2.48. The minimum Gasteiger partial charge on any atom is -0.507 e. The zero-order valence-electron chi connectivity index (χ0n) is 24.2. The maximum atomic E-state index is 12.0. The first-order chi connectivity index (χ1) is 20.5. The maximum absolute atomic E-state index is 12.0. The molecule has 2 N–H and O–H groups in total. The van der Waals surface area contributed by atoms with E-state index in [1.807, 2.05) is 72.8 Å². The highest BCUT2D eigenvalue weighted by Gasteiger charge is 2.23. The lowest BCUT2D eigenvalue weighted by molar-refractivity contribution is 0.312. The van der Waals surface area contributed by atoms with E-state index in [0.717, 1.165) is 45.8 Å². The van der Waals surface area contributed by atoms with Gasteiger partial charge >= 0.3 is 0 Å². The van der Waals surface area contributed by atoms with Gasteiger partial charge in [0.2, 0.25) is 0 Å². The van der Waals surface area contributed by atoms with Gasteiger partial charge in [0.15, 0.2) is 0 Å². The Morgan fingerprint density at radius 2 is 0.810 bits per heavy atom. The molecule has 0 saturated carbocycles. The molecule has 0 aliphatic heterocycles. The van der Waals surface area contributed by atoms with Gasteiger partial charge in [-0.05, 0) is 58.9 Å². The highest BCUT2D eigenvalue weighted by molar-refractivity contribution is 6.10. The standard InChI is InChI=1S/C38H36N2O2/c1-39(23-27-13-5-3-6-14-27)25-31-21-29-17-9-11-19-33(29)35(37(31)41)36-34-20-12-10-18-30(34)22-32(38(36)42)26-40(2)24-28-15-7-4-8-16-28/h3-22,41-42H,23-26H2,1-2H3. The molecule has 6 aromatic carbocycles. The molecule has 0 aliphatic carbocycles. The van der Waals surface area contributed by atoms with Crippen molar-refractivity contribution in [1.29, 1.82) is 0 Å². The van der Waals surface area contributed by atoms with Crippen LogP contribution in [-0.2, 0) is 26.2 Å². The normalized spacial score (nSPS) is 11.6. The lowest BCUT2D eigenvalue weighted by Gasteiger charge is -2.23. The Morgan fingerprint density at radius 3 is 1.21 bits per heavy atom. The van der Waals surface area contributed by atoms with Crippen LogP contribution in [0, 0.1) is 0 Å². The van der Waals surface area contributed by atoms with E-state index >= 15 is 0 Å². The van der Waals surface area contributed by atoms with Crippen molar-refractivity contribution in [1.82, 2.24) is 9.80 Å². The third kappa shape index (κ3) is 5.73. The second kappa shape index (κ2) is 12.1. The molecule has 0 saturated heterocycles. The van der Waals surface area contributed by atoms with Crippen molar-refractivity contribution >= 4 is 21.5 Å². The van der Waals surface area contributed by atoms with Crippen LogP contribution < -0.4 is 0 Å². The average molecular weight is 553 g/mol. The van der Waals surface area contributed by atoms with Gasteiger partial charge in [-0.25, -0.2) is 0 Å². The zero-order valence-corrected chi connectivity index (χ0v) is 24.2. The van der Waals surface area contributed by atoms with E-state index in [4.69, 9.17) is 0 Å². The molecular weight excluding hydrogens is 516 g/mol. The molecule has 0 heterocycles. The Morgan fingerprint density at radius 1 is 0.452 bits per heavy atom. The summed E-state index contributed by atoms with van der Waals surface area (Å²) in [5.41, 5.74) is 5.46. The largest absolute Gasteiger partial charge is 0.507 e. The Hall–Kier alpha value is -4.64. The monoisotopic (exact) mass is 552 g/mol. The Labute approximate surface area is 247 Å². The molecular formula is C38H36N2O2. The molecule has 4 heteroatoms. The molecule has 0 bridgehead atoms. The summed E-state index contributed by atoms with van der Waals surface area (Å²) in [6.07, 6.45) is 0. The van der Waals surface area contributed by atoms with E-state index in [-0.39, 0.29) is 11.5 Å².